The monoisotopic (exact) mass is 1120 g/mol. The lowest BCUT2D eigenvalue weighted by Crippen LogP contribution is -2.07. The van der Waals surface area contributed by atoms with Gasteiger partial charge in [-0.05, 0) is 58.1 Å². The minimum Gasteiger partial charge on any atom is -0.318 e. The van der Waals surface area contributed by atoms with E-state index in [1.165, 1.54) is 24.5 Å². The molecule has 12 rings (SSSR count). The van der Waals surface area contributed by atoms with Gasteiger partial charge in [0.05, 0.1) is 42.4 Å². The van der Waals surface area contributed by atoms with Crippen molar-refractivity contribution in [3.8, 4) is 17.7 Å². The van der Waals surface area contributed by atoms with Crippen LogP contribution < -0.4 is 0 Å². The van der Waals surface area contributed by atoms with E-state index in [9.17, 15) is 26.3 Å². The number of nitrogens with one attached hydrogen (secondary N) is 1. The van der Waals surface area contributed by atoms with Gasteiger partial charge < -0.3 is 18.3 Å². The molecule has 3 aromatic carbocycles. The number of rotatable bonds is 7. The first-order chi connectivity index (χ1) is 37.3. The maximum absolute atomic E-state index is 14.0. The Morgan fingerprint density at radius 2 is 0.885 bits per heavy atom. The molecule has 0 aliphatic rings. The second kappa shape index (κ2) is 22.6. The average Bonchev–Trinajstić information content (AvgIpc) is 4.28. The van der Waals surface area contributed by atoms with Crippen LogP contribution in [0.1, 0.15) is 45.4 Å². The Hall–Kier alpha value is -9.06. The standard InChI is InChI=1S/C16H11F4N7.C14H10FN5.C13H10ClFN4.C6H4Cl2N4/c1-27-7-21-11-10(6-8-4-2-3-5-9(8)17)22-12(23-14(11)27)13-24-15(26-25-13)16(18,19)20;1-20-8-17-13-11(18-12(7-16)19-14(13)20)6-9-4-2-3-5-10(9)15;1-19-7-16-11-10(17-13(14)18-12(11)19)6-8-4-2-3-5-9(8)15;1-12-2-9-3-4(7)10-6(8)11-5(3)12/h2-5,7H,6H2,1H3,(H,24,25,26);2-5,8H,6H2,1H3;2-5,7H,6H2,1H3;2H,1H3. The van der Waals surface area contributed by atoms with Crippen LogP contribution >= 0.6 is 34.8 Å². The van der Waals surface area contributed by atoms with Crippen molar-refractivity contribution in [3.63, 3.8) is 0 Å². The molecule has 9 aromatic heterocycles. The topological polar surface area (TPSA) is 240 Å². The third kappa shape index (κ3) is 11.8. The number of nitriles is 1. The maximum Gasteiger partial charge on any atom is 0.451 e. The summed E-state index contributed by atoms with van der Waals surface area (Å²) in [6, 6.07) is 21.2. The zero-order valence-electron chi connectivity index (χ0n) is 40.8. The fourth-order valence-corrected chi connectivity index (χ4v) is 8.19. The second-order valence-corrected chi connectivity index (χ2v) is 17.8. The molecule has 0 saturated carbocycles. The van der Waals surface area contributed by atoms with Crippen molar-refractivity contribution in [3.05, 3.63) is 177 Å². The van der Waals surface area contributed by atoms with Crippen molar-refractivity contribution in [1.29, 1.82) is 5.26 Å². The molecule has 0 atom stereocenters. The largest absolute Gasteiger partial charge is 0.451 e. The van der Waals surface area contributed by atoms with Crippen LogP contribution in [0.5, 0.6) is 0 Å². The van der Waals surface area contributed by atoms with E-state index in [1.54, 1.807) is 106 Å². The van der Waals surface area contributed by atoms with Crippen molar-refractivity contribution in [1.82, 2.24) is 93.3 Å². The van der Waals surface area contributed by atoms with Gasteiger partial charge in [0.1, 0.15) is 45.6 Å². The third-order valence-electron chi connectivity index (χ3n) is 11.4. The van der Waals surface area contributed by atoms with Crippen LogP contribution in [-0.4, -0.2) is 93.3 Å². The Morgan fingerprint density at radius 1 is 0.487 bits per heavy atom. The number of halogens is 9. The lowest BCUT2D eigenvalue weighted by Gasteiger charge is -2.06. The molecule has 0 fully saturated rings. The molecule has 0 amide bonds. The summed E-state index contributed by atoms with van der Waals surface area (Å²) in [6.07, 6.45) is 2.38. The van der Waals surface area contributed by atoms with E-state index in [0.717, 1.165) is 0 Å². The van der Waals surface area contributed by atoms with Gasteiger partial charge in [-0.1, -0.05) is 66.2 Å². The highest BCUT2D eigenvalue weighted by atomic mass is 35.5. The van der Waals surface area contributed by atoms with Crippen LogP contribution in [0.4, 0.5) is 26.3 Å². The molecule has 0 aliphatic carbocycles. The van der Waals surface area contributed by atoms with Gasteiger partial charge in [-0.3, -0.25) is 5.10 Å². The highest BCUT2D eigenvalue weighted by Gasteiger charge is 2.36. The minimum absolute atomic E-state index is 0.0624. The summed E-state index contributed by atoms with van der Waals surface area (Å²) >= 11 is 17.3. The summed E-state index contributed by atoms with van der Waals surface area (Å²) in [4.78, 5) is 52.8. The zero-order valence-corrected chi connectivity index (χ0v) is 43.0. The number of aromatic amines is 1. The number of benzene rings is 3. The molecule has 0 bridgehead atoms. The highest BCUT2D eigenvalue weighted by molar-refractivity contribution is 6.35. The van der Waals surface area contributed by atoms with Crippen LogP contribution in [0.15, 0.2) is 98.1 Å². The molecule has 394 valence electrons. The molecule has 0 unspecified atom stereocenters. The summed E-state index contributed by atoms with van der Waals surface area (Å²) in [5, 5.41) is 14.9. The van der Waals surface area contributed by atoms with Crippen molar-refractivity contribution >= 4 is 79.5 Å². The highest BCUT2D eigenvalue weighted by Crippen LogP contribution is 2.29. The van der Waals surface area contributed by atoms with E-state index < -0.39 is 17.8 Å². The zero-order chi connectivity index (χ0) is 55.4. The molecule has 0 radical (unpaired) electrons. The van der Waals surface area contributed by atoms with Crippen molar-refractivity contribution in [2.24, 2.45) is 28.2 Å². The SMILES string of the molecule is Cn1cnc2c(Cc3ccccc3F)nc(-c3n[nH]c(C(F)(F)F)n3)nc21.Cn1cnc2c(Cc3ccccc3F)nc(C#N)nc21.Cn1cnc2c(Cc3ccccc3F)nc(Cl)nc21.Cn1cnc2c(Cl)nc(Cl)nc21. The van der Waals surface area contributed by atoms with Gasteiger partial charge >= 0.3 is 6.18 Å². The van der Waals surface area contributed by atoms with Crippen LogP contribution in [0.3, 0.4) is 0 Å². The van der Waals surface area contributed by atoms with E-state index in [0.29, 0.717) is 84.8 Å². The van der Waals surface area contributed by atoms with Gasteiger partial charge in [0, 0.05) is 47.5 Å². The van der Waals surface area contributed by atoms with Gasteiger partial charge in [-0.2, -0.15) is 33.4 Å². The number of nitrogens with zero attached hydrogens (tertiary/aromatic N) is 19. The predicted octanol–water partition coefficient (Wildman–Crippen LogP) is 9.28. The predicted molar refractivity (Wildman–Crippen MR) is 273 cm³/mol. The van der Waals surface area contributed by atoms with Crippen LogP contribution in [0.25, 0.3) is 56.3 Å². The number of fused-ring (bicyclic) bond motifs is 4. The molecule has 29 heteroatoms. The number of alkyl halides is 3. The number of hydrogen-bond donors (Lipinski definition) is 1. The lowest BCUT2D eigenvalue weighted by atomic mass is 10.1. The number of hydrogen-bond acceptors (Lipinski definition) is 15. The summed E-state index contributed by atoms with van der Waals surface area (Å²) in [5.74, 6) is -2.58. The first-order valence-electron chi connectivity index (χ1n) is 22.6. The summed E-state index contributed by atoms with van der Waals surface area (Å²) in [5.41, 5.74) is 7.46. The van der Waals surface area contributed by atoms with Crippen molar-refractivity contribution in [2.45, 2.75) is 25.4 Å². The number of aromatic nitrogens is 19. The van der Waals surface area contributed by atoms with E-state index in [1.807, 2.05) is 25.3 Å². The Kier molecular flexibility index (Phi) is 15.6. The number of H-pyrrole nitrogens is 1. The quantitative estimate of drug-likeness (QED) is 0.0888. The van der Waals surface area contributed by atoms with Crippen molar-refractivity contribution < 1.29 is 26.3 Å². The first kappa shape index (κ1) is 53.8. The van der Waals surface area contributed by atoms with E-state index in [-0.39, 0.29) is 57.7 Å². The first-order valence-corrected chi connectivity index (χ1v) is 23.8. The third-order valence-corrected chi connectivity index (χ3v) is 12.0. The number of imidazole rings is 4. The summed E-state index contributed by atoms with van der Waals surface area (Å²) < 4.78 is 86.5. The van der Waals surface area contributed by atoms with Gasteiger partial charge in [0.25, 0.3) is 0 Å². The normalized spacial score (nSPS) is 11.3. The van der Waals surface area contributed by atoms with Gasteiger partial charge in [-0.25, -0.2) is 63.0 Å². The van der Waals surface area contributed by atoms with E-state index >= 15 is 0 Å². The summed E-state index contributed by atoms with van der Waals surface area (Å²) in [7, 11) is 7.11. The molecule has 0 aliphatic heterocycles. The molecule has 12 aromatic rings. The smallest absolute Gasteiger partial charge is 0.318 e. The Balaban J connectivity index is 0.000000131. The molecular formula is C49H35Cl3F6N20. The molecule has 0 spiro atoms. The van der Waals surface area contributed by atoms with Gasteiger partial charge in [0.2, 0.25) is 33.9 Å². The molecular weight excluding hydrogens is 1090 g/mol. The fourth-order valence-electron chi connectivity index (χ4n) is 7.59. The number of aryl methyl sites for hydroxylation is 4. The van der Waals surface area contributed by atoms with Crippen LogP contribution in [0, 0.1) is 28.8 Å². The van der Waals surface area contributed by atoms with Crippen LogP contribution in [0.2, 0.25) is 15.7 Å². The summed E-state index contributed by atoms with van der Waals surface area (Å²) in [6.45, 7) is 0. The van der Waals surface area contributed by atoms with Crippen molar-refractivity contribution in [2.75, 3.05) is 0 Å². The van der Waals surface area contributed by atoms with E-state index in [4.69, 9.17) is 40.1 Å². The molecule has 0 saturated heterocycles. The molecule has 9 heterocycles. The Labute approximate surface area is 450 Å². The average molecular weight is 1120 g/mol. The molecule has 1 N–H and O–H groups in total. The second-order valence-electron chi connectivity index (χ2n) is 16.7. The molecule has 20 nitrogen and oxygen atoms in total. The Morgan fingerprint density at radius 3 is 1.33 bits per heavy atom. The fraction of sp³-hybridized carbons (Fsp3) is 0.163. The lowest BCUT2D eigenvalue weighted by molar-refractivity contribution is -0.144. The van der Waals surface area contributed by atoms with E-state index in [2.05, 4.69) is 69.9 Å². The Bertz CT molecular complexity index is 4200. The minimum atomic E-state index is -4.67. The van der Waals surface area contributed by atoms with Gasteiger partial charge in [-0.15, -0.1) is 5.10 Å². The molecule has 78 heavy (non-hydrogen) atoms. The van der Waals surface area contributed by atoms with Crippen LogP contribution in [-0.2, 0) is 53.6 Å². The van der Waals surface area contributed by atoms with Gasteiger partial charge in [0.15, 0.2) is 27.7 Å². The maximum atomic E-state index is 14.0.